The molecule has 0 radical (unpaired) electrons. The second-order valence-corrected chi connectivity index (χ2v) is 2.10. The molecule has 56 valence electrons. The molecule has 0 aromatic carbocycles. The fraction of sp³-hybridized carbons (Fsp3) is 0.250. The Kier molecular flexibility index (Phi) is 2.59. The average molecular weight is 148 g/mol. The summed E-state index contributed by atoms with van der Waals surface area (Å²) in [5.74, 6) is 0. The van der Waals surface area contributed by atoms with Gasteiger partial charge in [-0.2, -0.15) is 5.26 Å². The van der Waals surface area contributed by atoms with Crippen molar-refractivity contribution in [3.8, 4) is 6.07 Å². The molecular formula is C8H8N2O. The van der Waals surface area contributed by atoms with Crippen molar-refractivity contribution in [2.75, 3.05) is 7.11 Å². The van der Waals surface area contributed by atoms with Crippen LogP contribution in [0.1, 0.15) is 11.3 Å². The lowest BCUT2D eigenvalue weighted by atomic mass is 10.3. The monoisotopic (exact) mass is 148 g/mol. The molecule has 0 fully saturated rings. The van der Waals surface area contributed by atoms with Gasteiger partial charge in [-0.15, -0.1) is 0 Å². The van der Waals surface area contributed by atoms with Crippen LogP contribution in [0.5, 0.6) is 0 Å². The van der Waals surface area contributed by atoms with Crippen LogP contribution in [0.2, 0.25) is 0 Å². The SMILES string of the molecule is COCc1ccc(C#N)nc1. The normalized spacial score (nSPS) is 9.09. The van der Waals surface area contributed by atoms with Crippen molar-refractivity contribution >= 4 is 0 Å². The Morgan fingerprint density at radius 3 is 2.91 bits per heavy atom. The first-order valence-electron chi connectivity index (χ1n) is 3.21. The van der Waals surface area contributed by atoms with E-state index < -0.39 is 0 Å². The predicted octanol–water partition coefficient (Wildman–Crippen LogP) is 1.10. The summed E-state index contributed by atoms with van der Waals surface area (Å²) >= 11 is 0. The van der Waals surface area contributed by atoms with Gasteiger partial charge in [-0.25, -0.2) is 4.98 Å². The topological polar surface area (TPSA) is 45.9 Å². The summed E-state index contributed by atoms with van der Waals surface area (Å²) in [6.07, 6.45) is 1.64. The van der Waals surface area contributed by atoms with E-state index in [2.05, 4.69) is 4.98 Å². The van der Waals surface area contributed by atoms with Crippen molar-refractivity contribution in [1.82, 2.24) is 4.98 Å². The van der Waals surface area contributed by atoms with Crippen LogP contribution < -0.4 is 0 Å². The molecule has 3 heteroatoms. The predicted molar refractivity (Wildman–Crippen MR) is 39.7 cm³/mol. The molecule has 1 rings (SSSR count). The van der Waals surface area contributed by atoms with E-state index in [1.54, 1.807) is 19.4 Å². The molecule has 0 aliphatic carbocycles. The van der Waals surface area contributed by atoms with Gasteiger partial charge in [-0.3, -0.25) is 0 Å². The smallest absolute Gasteiger partial charge is 0.140 e. The molecule has 0 saturated carbocycles. The van der Waals surface area contributed by atoms with Gasteiger partial charge in [0.25, 0.3) is 0 Å². The fourth-order valence-corrected chi connectivity index (χ4v) is 0.743. The lowest BCUT2D eigenvalue weighted by molar-refractivity contribution is 0.184. The standard InChI is InChI=1S/C8H8N2O/c1-11-6-7-2-3-8(4-9)10-5-7/h2-3,5H,6H2,1H3. The number of methoxy groups -OCH3 is 1. The molecule has 3 nitrogen and oxygen atoms in total. The molecule has 0 saturated heterocycles. The molecule has 1 aromatic heterocycles. The van der Waals surface area contributed by atoms with E-state index in [1.165, 1.54) is 0 Å². The number of nitriles is 1. The number of nitrogens with zero attached hydrogens (tertiary/aromatic N) is 2. The molecule has 0 unspecified atom stereocenters. The van der Waals surface area contributed by atoms with E-state index in [4.69, 9.17) is 10.00 Å². The summed E-state index contributed by atoms with van der Waals surface area (Å²) < 4.78 is 4.88. The molecule has 0 spiro atoms. The molecule has 1 heterocycles. The molecule has 0 aliphatic heterocycles. The van der Waals surface area contributed by atoms with E-state index in [1.807, 2.05) is 12.1 Å². The molecule has 0 bridgehead atoms. The van der Waals surface area contributed by atoms with Crippen molar-refractivity contribution in [2.45, 2.75) is 6.61 Å². The third-order valence-corrected chi connectivity index (χ3v) is 1.25. The highest BCUT2D eigenvalue weighted by molar-refractivity contribution is 5.22. The van der Waals surface area contributed by atoms with Crippen LogP contribution in [0, 0.1) is 11.3 Å². The Morgan fingerprint density at radius 1 is 1.64 bits per heavy atom. The van der Waals surface area contributed by atoms with Gasteiger partial charge in [0.15, 0.2) is 0 Å². The van der Waals surface area contributed by atoms with Crippen molar-refractivity contribution in [2.24, 2.45) is 0 Å². The van der Waals surface area contributed by atoms with Gasteiger partial charge in [0.05, 0.1) is 6.61 Å². The lowest BCUT2D eigenvalue weighted by Crippen LogP contribution is -1.89. The van der Waals surface area contributed by atoms with E-state index in [0.29, 0.717) is 12.3 Å². The maximum atomic E-state index is 8.41. The van der Waals surface area contributed by atoms with Crippen LogP contribution in [0.3, 0.4) is 0 Å². The van der Waals surface area contributed by atoms with E-state index in [0.717, 1.165) is 5.56 Å². The Bertz CT molecular complexity index is 260. The molecule has 1 aromatic rings. The first kappa shape index (κ1) is 7.70. The van der Waals surface area contributed by atoms with Gasteiger partial charge >= 0.3 is 0 Å². The number of pyridine rings is 1. The second-order valence-electron chi connectivity index (χ2n) is 2.10. The van der Waals surface area contributed by atoms with E-state index >= 15 is 0 Å². The van der Waals surface area contributed by atoms with Crippen molar-refractivity contribution in [3.63, 3.8) is 0 Å². The minimum atomic E-state index is 0.435. The van der Waals surface area contributed by atoms with Crippen molar-refractivity contribution < 1.29 is 4.74 Å². The highest BCUT2D eigenvalue weighted by atomic mass is 16.5. The number of hydrogen-bond donors (Lipinski definition) is 0. The zero-order valence-corrected chi connectivity index (χ0v) is 6.24. The lowest BCUT2D eigenvalue weighted by Gasteiger charge is -1.96. The van der Waals surface area contributed by atoms with Crippen LogP contribution in [-0.2, 0) is 11.3 Å². The summed E-state index contributed by atoms with van der Waals surface area (Å²) in [5.41, 5.74) is 1.41. The third-order valence-electron chi connectivity index (χ3n) is 1.25. The quantitative estimate of drug-likeness (QED) is 0.630. The molecular weight excluding hydrogens is 140 g/mol. The van der Waals surface area contributed by atoms with Crippen molar-refractivity contribution in [1.29, 1.82) is 5.26 Å². The van der Waals surface area contributed by atoms with Crippen LogP contribution in [0.4, 0.5) is 0 Å². The molecule has 0 aliphatic rings. The number of ether oxygens (including phenoxy) is 1. The highest BCUT2D eigenvalue weighted by Crippen LogP contribution is 1.99. The Labute approximate surface area is 65.3 Å². The average Bonchev–Trinajstić information content (AvgIpc) is 2.07. The van der Waals surface area contributed by atoms with E-state index in [-0.39, 0.29) is 0 Å². The number of hydrogen-bond acceptors (Lipinski definition) is 3. The fourth-order valence-electron chi connectivity index (χ4n) is 0.743. The largest absolute Gasteiger partial charge is 0.380 e. The Morgan fingerprint density at radius 2 is 2.45 bits per heavy atom. The highest BCUT2D eigenvalue weighted by Gasteiger charge is 1.92. The zero-order valence-electron chi connectivity index (χ0n) is 6.24. The second kappa shape index (κ2) is 3.69. The van der Waals surface area contributed by atoms with Crippen LogP contribution in [0.25, 0.3) is 0 Å². The zero-order chi connectivity index (χ0) is 8.10. The Hall–Kier alpha value is -1.40. The molecule has 0 atom stereocenters. The minimum absolute atomic E-state index is 0.435. The molecule has 0 amide bonds. The molecule has 0 N–H and O–H groups in total. The van der Waals surface area contributed by atoms with Gasteiger partial charge < -0.3 is 4.74 Å². The van der Waals surface area contributed by atoms with Crippen molar-refractivity contribution in [3.05, 3.63) is 29.6 Å². The maximum absolute atomic E-state index is 8.41. The van der Waals surface area contributed by atoms with E-state index in [9.17, 15) is 0 Å². The van der Waals surface area contributed by atoms with Gasteiger partial charge in [0, 0.05) is 13.3 Å². The molecule has 11 heavy (non-hydrogen) atoms. The minimum Gasteiger partial charge on any atom is -0.380 e. The van der Waals surface area contributed by atoms with Crippen LogP contribution in [-0.4, -0.2) is 12.1 Å². The summed E-state index contributed by atoms with van der Waals surface area (Å²) in [7, 11) is 1.62. The van der Waals surface area contributed by atoms with Gasteiger partial charge in [-0.05, 0) is 11.6 Å². The number of rotatable bonds is 2. The summed E-state index contributed by atoms with van der Waals surface area (Å²) in [4.78, 5) is 3.87. The number of aromatic nitrogens is 1. The first-order valence-corrected chi connectivity index (χ1v) is 3.21. The summed E-state index contributed by atoms with van der Waals surface area (Å²) in [5, 5.41) is 8.41. The van der Waals surface area contributed by atoms with Gasteiger partial charge in [0.1, 0.15) is 11.8 Å². The summed E-state index contributed by atoms with van der Waals surface area (Å²) in [6, 6.07) is 5.45. The van der Waals surface area contributed by atoms with Gasteiger partial charge in [-0.1, -0.05) is 6.07 Å². The first-order chi connectivity index (χ1) is 5.36. The third kappa shape index (κ3) is 2.03. The Balaban J connectivity index is 2.76. The maximum Gasteiger partial charge on any atom is 0.140 e. The van der Waals surface area contributed by atoms with Gasteiger partial charge in [0.2, 0.25) is 0 Å². The van der Waals surface area contributed by atoms with Crippen LogP contribution >= 0.6 is 0 Å². The summed E-state index contributed by atoms with van der Waals surface area (Å²) in [6.45, 7) is 0.540. The van der Waals surface area contributed by atoms with Crippen LogP contribution in [0.15, 0.2) is 18.3 Å².